The highest BCUT2D eigenvalue weighted by atomic mass is 32.1. The van der Waals surface area contributed by atoms with Crippen LogP contribution in [0, 0.1) is 0 Å². The van der Waals surface area contributed by atoms with E-state index in [1.54, 1.807) is 11.3 Å². The Morgan fingerprint density at radius 3 is 3.07 bits per heavy atom. The molecule has 0 spiro atoms. The molecular formula is C11H16N2OS. The Kier molecular flexibility index (Phi) is 3.38. The zero-order chi connectivity index (χ0) is 10.7. The second-order valence-corrected chi connectivity index (χ2v) is 4.81. The highest BCUT2D eigenvalue weighted by Gasteiger charge is 2.27. The monoisotopic (exact) mass is 224 g/mol. The number of carbonyl (C=O) groups excluding carboxylic acids is 1. The summed E-state index contributed by atoms with van der Waals surface area (Å²) in [6.45, 7) is 2.94. The number of piperazine rings is 1. The van der Waals surface area contributed by atoms with E-state index in [1.807, 2.05) is 11.4 Å². The molecule has 0 saturated carbocycles. The van der Waals surface area contributed by atoms with Crippen molar-refractivity contribution >= 4 is 17.2 Å². The molecule has 3 nitrogen and oxygen atoms in total. The summed E-state index contributed by atoms with van der Waals surface area (Å²) < 4.78 is 0. The number of rotatable bonds is 3. The topological polar surface area (TPSA) is 41.1 Å². The lowest BCUT2D eigenvalue weighted by Crippen LogP contribution is -2.54. The van der Waals surface area contributed by atoms with Crippen LogP contribution in [0.25, 0.3) is 0 Å². The van der Waals surface area contributed by atoms with Crippen molar-refractivity contribution in [1.29, 1.82) is 0 Å². The van der Waals surface area contributed by atoms with Gasteiger partial charge in [0.15, 0.2) is 0 Å². The summed E-state index contributed by atoms with van der Waals surface area (Å²) in [6.07, 6.45) is 1.96. The molecule has 0 bridgehead atoms. The van der Waals surface area contributed by atoms with Crippen molar-refractivity contribution in [3.8, 4) is 0 Å². The normalized spacial score (nSPS) is 26.3. The zero-order valence-corrected chi connectivity index (χ0v) is 9.64. The average Bonchev–Trinajstić information content (AvgIpc) is 2.74. The van der Waals surface area contributed by atoms with Gasteiger partial charge < -0.3 is 10.6 Å². The van der Waals surface area contributed by atoms with Gasteiger partial charge >= 0.3 is 0 Å². The molecule has 2 N–H and O–H groups in total. The van der Waals surface area contributed by atoms with Gasteiger partial charge in [-0.1, -0.05) is 19.4 Å². The lowest BCUT2D eigenvalue weighted by atomic mass is 10.1. The van der Waals surface area contributed by atoms with Gasteiger partial charge in [-0.15, -0.1) is 11.3 Å². The molecule has 1 aromatic heterocycles. The summed E-state index contributed by atoms with van der Waals surface area (Å²) in [6, 6.07) is 4.25. The first-order valence-electron chi connectivity index (χ1n) is 5.38. The fourth-order valence-electron chi connectivity index (χ4n) is 1.86. The predicted octanol–water partition coefficient (Wildman–Crippen LogP) is 1.68. The standard InChI is InChI=1S/C11H16N2OS/c1-2-4-8-11(14)13-9(7-12-8)10-5-3-6-15-10/h3,5-6,8-9,12H,2,4,7H2,1H3,(H,13,14)/t8-,9+/m0/s1. The summed E-state index contributed by atoms with van der Waals surface area (Å²) in [7, 11) is 0. The number of hydrogen-bond acceptors (Lipinski definition) is 3. The third kappa shape index (κ3) is 2.38. The molecule has 4 heteroatoms. The molecule has 82 valence electrons. The highest BCUT2D eigenvalue weighted by molar-refractivity contribution is 7.10. The first kappa shape index (κ1) is 10.6. The smallest absolute Gasteiger partial charge is 0.237 e. The molecule has 0 unspecified atom stereocenters. The SMILES string of the molecule is CCC[C@@H]1NC[C@H](c2cccs2)NC1=O. The minimum absolute atomic E-state index is 0.00575. The molecule has 2 heterocycles. The molecule has 1 aromatic rings. The summed E-state index contributed by atoms with van der Waals surface area (Å²) in [5.41, 5.74) is 0. The van der Waals surface area contributed by atoms with Crippen LogP contribution in [0.4, 0.5) is 0 Å². The van der Waals surface area contributed by atoms with Crippen LogP contribution < -0.4 is 10.6 Å². The molecule has 15 heavy (non-hydrogen) atoms. The predicted molar refractivity (Wildman–Crippen MR) is 61.9 cm³/mol. The summed E-state index contributed by atoms with van der Waals surface area (Å²) in [4.78, 5) is 12.9. The van der Waals surface area contributed by atoms with Crippen LogP contribution in [0.2, 0.25) is 0 Å². The third-order valence-corrected chi connectivity index (χ3v) is 3.65. The maximum Gasteiger partial charge on any atom is 0.237 e. The van der Waals surface area contributed by atoms with Crippen LogP contribution in [0.5, 0.6) is 0 Å². The van der Waals surface area contributed by atoms with E-state index in [2.05, 4.69) is 23.6 Å². The Labute approximate surface area is 93.9 Å². The van der Waals surface area contributed by atoms with Crippen LogP contribution in [0.15, 0.2) is 17.5 Å². The fraction of sp³-hybridized carbons (Fsp3) is 0.545. The van der Waals surface area contributed by atoms with E-state index in [-0.39, 0.29) is 18.0 Å². The Morgan fingerprint density at radius 2 is 2.47 bits per heavy atom. The van der Waals surface area contributed by atoms with Gasteiger partial charge in [-0.05, 0) is 17.9 Å². The lowest BCUT2D eigenvalue weighted by Gasteiger charge is -2.29. The second-order valence-electron chi connectivity index (χ2n) is 3.83. The van der Waals surface area contributed by atoms with Crippen molar-refractivity contribution in [3.63, 3.8) is 0 Å². The van der Waals surface area contributed by atoms with Gasteiger partial charge in [0.05, 0.1) is 12.1 Å². The first-order chi connectivity index (χ1) is 7.31. The fourth-order valence-corrected chi connectivity index (χ4v) is 2.64. The van der Waals surface area contributed by atoms with Gasteiger partial charge in [0.25, 0.3) is 0 Å². The maximum absolute atomic E-state index is 11.7. The number of amides is 1. The molecule has 0 aromatic carbocycles. The lowest BCUT2D eigenvalue weighted by molar-refractivity contribution is -0.125. The van der Waals surface area contributed by atoms with E-state index < -0.39 is 0 Å². The summed E-state index contributed by atoms with van der Waals surface area (Å²) in [5, 5.41) is 8.41. The van der Waals surface area contributed by atoms with Crippen molar-refractivity contribution in [2.75, 3.05) is 6.54 Å². The first-order valence-corrected chi connectivity index (χ1v) is 6.26. The molecular weight excluding hydrogens is 208 g/mol. The number of hydrogen-bond donors (Lipinski definition) is 2. The minimum atomic E-state index is 0.00575. The van der Waals surface area contributed by atoms with Gasteiger partial charge in [-0.3, -0.25) is 4.79 Å². The largest absolute Gasteiger partial charge is 0.346 e. The van der Waals surface area contributed by atoms with E-state index in [4.69, 9.17) is 0 Å². The Hall–Kier alpha value is -0.870. The second kappa shape index (κ2) is 4.77. The number of carbonyl (C=O) groups is 1. The van der Waals surface area contributed by atoms with Crippen molar-refractivity contribution in [3.05, 3.63) is 22.4 Å². The Balaban J connectivity index is 1.97. The van der Waals surface area contributed by atoms with Crippen molar-refractivity contribution < 1.29 is 4.79 Å². The Morgan fingerprint density at radius 1 is 1.60 bits per heavy atom. The van der Waals surface area contributed by atoms with Gasteiger partial charge in [0.2, 0.25) is 5.91 Å². The van der Waals surface area contributed by atoms with Gasteiger partial charge in [0.1, 0.15) is 0 Å². The Bertz CT molecular complexity index is 323. The van der Waals surface area contributed by atoms with Gasteiger partial charge in [0, 0.05) is 11.4 Å². The maximum atomic E-state index is 11.7. The van der Waals surface area contributed by atoms with E-state index in [0.717, 1.165) is 19.4 Å². The highest BCUT2D eigenvalue weighted by Crippen LogP contribution is 2.20. The molecule has 0 aliphatic carbocycles. The van der Waals surface area contributed by atoms with Crippen LogP contribution in [0.1, 0.15) is 30.7 Å². The van der Waals surface area contributed by atoms with Gasteiger partial charge in [-0.2, -0.15) is 0 Å². The molecule has 2 rings (SSSR count). The van der Waals surface area contributed by atoms with E-state index >= 15 is 0 Å². The van der Waals surface area contributed by atoms with Crippen molar-refractivity contribution in [1.82, 2.24) is 10.6 Å². The summed E-state index contributed by atoms with van der Waals surface area (Å²) in [5.74, 6) is 0.140. The minimum Gasteiger partial charge on any atom is -0.346 e. The van der Waals surface area contributed by atoms with Gasteiger partial charge in [-0.25, -0.2) is 0 Å². The molecule has 1 aliphatic heterocycles. The molecule has 1 aliphatic rings. The number of nitrogens with one attached hydrogen (secondary N) is 2. The van der Waals surface area contributed by atoms with E-state index in [9.17, 15) is 4.79 Å². The van der Waals surface area contributed by atoms with Crippen LogP contribution in [0.3, 0.4) is 0 Å². The quantitative estimate of drug-likeness (QED) is 0.820. The van der Waals surface area contributed by atoms with E-state index in [1.165, 1.54) is 4.88 Å². The molecule has 1 amide bonds. The molecule has 1 saturated heterocycles. The average molecular weight is 224 g/mol. The zero-order valence-electron chi connectivity index (χ0n) is 8.82. The van der Waals surface area contributed by atoms with Crippen molar-refractivity contribution in [2.24, 2.45) is 0 Å². The molecule has 0 radical (unpaired) electrons. The van der Waals surface area contributed by atoms with Crippen LogP contribution >= 0.6 is 11.3 Å². The number of thiophene rings is 1. The summed E-state index contributed by atoms with van der Waals surface area (Å²) >= 11 is 1.69. The third-order valence-electron chi connectivity index (χ3n) is 2.67. The molecule has 2 atom stereocenters. The van der Waals surface area contributed by atoms with Crippen LogP contribution in [-0.2, 0) is 4.79 Å². The molecule has 1 fully saturated rings. The van der Waals surface area contributed by atoms with Crippen LogP contribution in [-0.4, -0.2) is 18.5 Å². The van der Waals surface area contributed by atoms with E-state index in [0.29, 0.717) is 0 Å². The van der Waals surface area contributed by atoms with Crippen molar-refractivity contribution in [2.45, 2.75) is 31.8 Å².